The van der Waals surface area contributed by atoms with Gasteiger partial charge in [0.1, 0.15) is 16.8 Å². The molecular weight excluding hydrogens is 495 g/mol. The van der Waals surface area contributed by atoms with Gasteiger partial charge in [0, 0.05) is 21.7 Å². The van der Waals surface area contributed by atoms with Crippen LogP contribution in [0.5, 0.6) is 0 Å². The molecule has 1 N–H and O–H groups in total. The molecular formula is C28H18Cl2N4O2. The lowest BCUT2D eigenvalue weighted by Gasteiger charge is -2.07. The summed E-state index contributed by atoms with van der Waals surface area (Å²) in [4.78, 5) is 14.6. The van der Waals surface area contributed by atoms with Crippen molar-refractivity contribution in [2.24, 2.45) is 0 Å². The summed E-state index contributed by atoms with van der Waals surface area (Å²) in [5, 5.41) is 15.4. The van der Waals surface area contributed by atoms with E-state index in [1.807, 2.05) is 49.4 Å². The average molecular weight is 513 g/mol. The number of halogens is 2. The smallest absolute Gasteiger partial charge is 0.291 e. The van der Waals surface area contributed by atoms with Gasteiger partial charge in [0.25, 0.3) is 5.91 Å². The van der Waals surface area contributed by atoms with E-state index in [-0.39, 0.29) is 11.7 Å². The monoisotopic (exact) mass is 512 g/mol. The van der Waals surface area contributed by atoms with Gasteiger partial charge in [0.2, 0.25) is 0 Å². The van der Waals surface area contributed by atoms with Crippen LogP contribution in [0.25, 0.3) is 38.8 Å². The highest BCUT2D eigenvalue weighted by molar-refractivity contribution is 6.35. The van der Waals surface area contributed by atoms with Gasteiger partial charge in [0.05, 0.1) is 10.7 Å². The number of benzene rings is 4. The third-order valence-corrected chi connectivity index (χ3v) is 6.55. The van der Waals surface area contributed by atoms with E-state index in [9.17, 15) is 4.79 Å². The molecule has 6 rings (SSSR count). The molecule has 0 spiro atoms. The molecule has 1 amide bonds. The fourth-order valence-electron chi connectivity index (χ4n) is 4.17. The summed E-state index contributed by atoms with van der Waals surface area (Å²) in [6.07, 6.45) is 0. The van der Waals surface area contributed by atoms with Crippen LogP contribution >= 0.6 is 23.2 Å². The zero-order valence-corrected chi connectivity index (χ0v) is 20.5. The summed E-state index contributed by atoms with van der Waals surface area (Å²) in [6, 6.07) is 26.2. The van der Waals surface area contributed by atoms with Gasteiger partial charge in [0.15, 0.2) is 5.76 Å². The van der Waals surface area contributed by atoms with Gasteiger partial charge in [-0.2, -0.15) is 0 Å². The molecule has 2 heterocycles. The number of carbonyl (C=O) groups excluding carboxylic acids is 1. The van der Waals surface area contributed by atoms with Gasteiger partial charge in [-0.3, -0.25) is 4.79 Å². The van der Waals surface area contributed by atoms with Crippen molar-refractivity contribution < 1.29 is 9.21 Å². The van der Waals surface area contributed by atoms with Crippen LogP contribution in [-0.4, -0.2) is 20.9 Å². The second kappa shape index (κ2) is 8.82. The highest BCUT2D eigenvalue weighted by Crippen LogP contribution is 2.32. The first-order chi connectivity index (χ1) is 17.5. The Morgan fingerprint density at radius 1 is 0.889 bits per heavy atom. The van der Waals surface area contributed by atoms with E-state index in [2.05, 4.69) is 27.6 Å². The molecule has 0 aliphatic heterocycles. The van der Waals surface area contributed by atoms with Gasteiger partial charge in [-0.05, 0) is 66.4 Å². The maximum absolute atomic E-state index is 13.0. The van der Waals surface area contributed by atoms with Crippen LogP contribution in [0.15, 0.2) is 89.3 Å². The molecule has 0 aliphatic rings. The molecule has 8 heteroatoms. The molecule has 0 fully saturated rings. The highest BCUT2D eigenvalue weighted by Gasteiger charge is 2.17. The molecule has 0 atom stereocenters. The van der Waals surface area contributed by atoms with Crippen LogP contribution in [0.2, 0.25) is 10.0 Å². The number of furan rings is 1. The number of rotatable bonds is 4. The van der Waals surface area contributed by atoms with Crippen molar-refractivity contribution in [3.8, 4) is 17.0 Å². The maximum Gasteiger partial charge on any atom is 0.291 e. The predicted octanol–water partition coefficient (Wildman–Crippen LogP) is 7.70. The lowest BCUT2D eigenvalue weighted by atomic mass is 10.1. The number of hydrogen-bond donors (Lipinski definition) is 1. The van der Waals surface area contributed by atoms with Crippen LogP contribution in [-0.2, 0) is 0 Å². The van der Waals surface area contributed by atoms with Crippen LogP contribution in [0.4, 0.5) is 5.69 Å². The zero-order chi connectivity index (χ0) is 24.8. The number of nitrogens with one attached hydrogen (secondary N) is 1. The van der Waals surface area contributed by atoms with Crippen LogP contribution < -0.4 is 5.32 Å². The largest absolute Gasteiger partial charge is 0.451 e. The van der Waals surface area contributed by atoms with Crippen molar-refractivity contribution in [3.63, 3.8) is 0 Å². The van der Waals surface area contributed by atoms with E-state index >= 15 is 0 Å². The van der Waals surface area contributed by atoms with E-state index in [1.165, 1.54) is 0 Å². The van der Waals surface area contributed by atoms with Crippen molar-refractivity contribution in [3.05, 3.63) is 106 Å². The number of nitrogens with zero attached hydrogens (tertiary/aromatic N) is 3. The minimum atomic E-state index is -0.386. The Bertz CT molecular complexity index is 1780. The summed E-state index contributed by atoms with van der Waals surface area (Å²) in [5.41, 5.74) is 4.37. The number of aromatic nitrogens is 3. The number of fused-ring (bicyclic) bond motifs is 2. The predicted molar refractivity (Wildman–Crippen MR) is 143 cm³/mol. The van der Waals surface area contributed by atoms with Gasteiger partial charge < -0.3 is 9.73 Å². The second-order valence-corrected chi connectivity index (χ2v) is 9.23. The van der Waals surface area contributed by atoms with Crippen molar-refractivity contribution in [1.82, 2.24) is 15.0 Å². The Morgan fingerprint density at radius 3 is 2.53 bits per heavy atom. The zero-order valence-electron chi connectivity index (χ0n) is 19.0. The van der Waals surface area contributed by atoms with Crippen LogP contribution in [0.1, 0.15) is 16.1 Å². The Hall–Kier alpha value is -4.13. The van der Waals surface area contributed by atoms with Crippen LogP contribution in [0, 0.1) is 6.92 Å². The topological polar surface area (TPSA) is 73.0 Å². The van der Waals surface area contributed by atoms with E-state index in [1.54, 1.807) is 35.1 Å². The maximum atomic E-state index is 13.0. The van der Waals surface area contributed by atoms with Crippen molar-refractivity contribution in [2.75, 3.05) is 5.32 Å². The van der Waals surface area contributed by atoms with E-state index in [0.717, 1.165) is 27.5 Å². The molecule has 176 valence electrons. The molecule has 36 heavy (non-hydrogen) atoms. The molecule has 6 nitrogen and oxygen atoms in total. The number of aryl methyl sites for hydroxylation is 1. The Kier molecular flexibility index (Phi) is 5.48. The first kappa shape index (κ1) is 22.3. The number of amides is 1. The number of hydrogen-bond acceptors (Lipinski definition) is 4. The minimum Gasteiger partial charge on any atom is -0.451 e. The van der Waals surface area contributed by atoms with Gasteiger partial charge >= 0.3 is 0 Å². The first-order valence-corrected chi connectivity index (χ1v) is 11.9. The molecule has 0 saturated carbocycles. The molecule has 6 aromatic rings. The third kappa shape index (κ3) is 4.00. The van der Waals surface area contributed by atoms with Gasteiger partial charge in [-0.25, -0.2) is 0 Å². The molecule has 0 radical (unpaired) electrons. The lowest BCUT2D eigenvalue weighted by molar-refractivity contribution is 0.0997. The number of carbonyl (C=O) groups is 1. The molecule has 4 aromatic carbocycles. The van der Waals surface area contributed by atoms with Crippen molar-refractivity contribution >= 4 is 56.6 Å². The van der Waals surface area contributed by atoms with E-state index in [0.29, 0.717) is 32.6 Å². The first-order valence-electron chi connectivity index (χ1n) is 11.2. The summed E-state index contributed by atoms with van der Waals surface area (Å²) in [7, 11) is 0. The van der Waals surface area contributed by atoms with Crippen molar-refractivity contribution in [1.29, 1.82) is 0 Å². The quantitative estimate of drug-likeness (QED) is 0.262. The lowest BCUT2D eigenvalue weighted by Crippen LogP contribution is -2.11. The van der Waals surface area contributed by atoms with Gasteiger partial charge in [-0.1, -0.05) is 59.6 Å². The SMILES string of the molecule is Cc1cc2nn(-c3cccc4ccccc34)nc2cc1NC(=O)c1ccc(-c2cc(Cl)ccc2Cl)o1. The molecule has 2 aromatic heterocycles. The third-order valence-electron chi connectivity index (χ3n) is 5.98. The summed E-state index contributed by atoms with van der Waals surface area (Å²) in [6.45, 7) is 1.91. The molecule has 0 saturated heterocycles. The van der Waals surface area contributed by atoms with E-state index < -0.39 is 0 Å². The van der Waals surface area contributed by atoms with E-state index in [4.69, 9.17) is 27.6 Å². The fourth-order valence-corrected chi connectivity index (χ4v) is 4.55. The standard InChI is InChI=1S/C28H18Cl2N4O2/c1-16-13-23-24(33-34(32-23)25-8-4-6-17-5-2-3-7-19(17)25)15-22(16)31-28(35)27-12-11-26(36-27)20-14-18(29)9-10-21(20)30/h2-15H,1H3,(H,31,35). The second-order valence-electron chi connectivity index (χ2n) is 8.39. The normalized spacial score (nSPS) is 11.3. The Balaban J connectivity index is 1.31. The summed E-state index contributed by atoms with van der Waals surface area (Å²) >= 11 is 12.4. The van der Waals surface area contributed by atoms with Gasteiger partial charge in [-0.15, -0.1) is 15.0 Å². The highest BCUT2D eigenvalue weighted by atomic mass is 35.5. The minimum absolute atomic E-state index is 0.153. The molecule has 0 aliphatic carbocycles. The summed E-state index contributed by atoms with van der Waals surface area (Å²) in [5.74, 6) is 0.223. The van der Waals surface area contributed by atoms with Crippen molar-refractivity contribution in [2.45, 2.75) is 6.92 Å². The average Bonchev–Trinajstić information content (AvgIpc) is 3.53. The fraction of sp³-hybridized carbons (Fsp3) is 0.0357. The number of anilines is 1. The Labute approximate surface area is 216 Å². The van der Waals surface area contributed by atoms with Crippen LogP contribution in [0.3, 0.4) is 0 Å². The molecule has 0 unspecified atom stereocenters. The molecule has 0 bridgehead atoms. The summed E-state index contributed by atoms with van der Waals surface area (Å²) < 4.78 is 5.78. The Morgan fingerprint density at radius 2 is 1.67 bits per heavy atom.